The van der Waals surface area contributed by atoms with Gasteiger partial charge in [-0.3, -0.25) is 9.78 Å². The van der Waals surface area contributed by atoms with Crippen LogP contribution in [0.5, 0.6) is 0 Å². The smallest absolute Gasteiger partial charge is 0.227 e. The molecule has 2 aromatic rings. The summed E-state index contributed by atoms with van der Waals surface area (Å²) in [5.74, 6) is -0.0746. The van der Waals surface area contributed by atoms with Crippen molar-refractivity contribution >= 4 is 34.3 Å². The van der Waals surface area contributed by atoms with Crippen LogP contribution in [0.4, 0.5) is 5.69 Å². The number of carbonyl (C=O) groups excluding carboxylic acids is 1. The van der Waals surface area contributed by atoms with Gasteiger partial charge in [-0.2, -0.15) is 0 Å². The fourth-order valence-electron chi connectivity index (χ4n) is 1.61. The van der Waals surface area contributed by atoms with E-state index in [0.717, 1.165) is 21.5 Å². The number of nitrogens with zero attached hydrogens (tertiary/aromatic N) is 1. The fraction of sp³-hybridized carbons (Fsp3) is 0.167. The molecule has 0 saturated carbocycles. The lowest BCUT2D eigenvalue weighted by atomic mass is 10.2. The highest BCUT2D eigenvalue weighted by atomic mass is 32.2. The third-order valence-electron chi connectivity index (χ3n) is 2.29. The lowest BCUT2D eigenvalue weighted by molar-refractivity contribution is -0.115. The number of aromatic nitrogens is 1. The van der Waals surface area contributed by atoms with Crippen LogP contribution in [0.15, 0.2) is 29.2 Å². The second kappa shape index (κ2) is 4.63. The van der Waals surface area contributed by atoms with Crippen LogP contribution in [0.2, 0.25) is 0 Å². The maximum Gasteiger partial charge on any atom is 0.227 e. The molecule has 0 unspecified atom stereocenters. The minimum atomic E-state index is -0.332. The fourth-order valence-corrected chi connectivity index (χ4v) is 2.48. The van der Waals surface area contributed by atoms with E-state index in [4.69, 9.17) is 11.5 Å². The number of benzene rings is 1. The first-order chi connectivity index (χ1) is 8.06. The molecule has 1 amide bonds. The van der Waals surface area contributed by atoms with Crippen molar-refractivity contribution in [2.24, 2.45) is 5.73 Å². The number of rotatable bonds is 3. The molecule has 4 N–H and O–H groups in total. The Labute approximate surface area is 103 Å². The van der Waals surface area contributed by atoms with Crippen LogP contribution >= 0.6 is 11.8 Å². The normalized spacial score (nSPS) is 10.6. The van der Waals surface area contributed by atoms with Crippen LogP contribution < -0.4 is 11.5 Å². The van der Waals surface area contributed by atoms with E-state index in [-0.39, 0.29) is 11.7 Å². The predicted molar refractivity (Wildman–Crippen MR) is 70.8 cm³/mol. The average molecular weight is 247 g/mol. The first kappa shape index (κ1) is 11.7. The van der Waals surface area contributed by atoms with E-state index in [1.165, 1.54) is 11.8 Å². The van der Waals surface area contributed by atoms with Gasteiger partial charge in [-0.05, 0) is 31.2 Å². The van der Waals surface area contributed by atoms with Gasteiger partial charge in [-0.1, -0.05) is 0 Å². The Kier molecular flexibility index (Phi) is 3.19. The topological polar surface area (TPSA) is 82.0 Å². The molecule has 0 aliphatic heterocycles. The Morgan fingerprint density at radius 2 is 2.18 bits per heavy atom. The molecular weight excluding hydrogens is 234 g/mol. The molecule has 0 bridgehead atoms. The Morgan fingerprint density at radius 1 is 1.41 bits per heavy atom. The van der Waals surface area contributed by atoms with Crippen molar-refractivity contribution in [2.75, 3.05) is 11.5 Å². The number of nitrogens with two attached hydrogens (primary N) is 2. The number of carbonyl (C=O) groups is 1. The third-order valence-corrected chi connectivity index (χ3v) is 3.37. The van der Waals surface area contributed by atoms with E-state index in [9.17, 15) is 4.79 Å². The molecule has 0 atom stereocenters. The summed E-state index contributed by atoms with van der Waals surface area (Å²) in [6, 6.07) is 7.50. The number of thioether (sulfide) groups is 1. The molecular formula is C12H13N3OS. The lowest BCUT2D eigenvalue weighted by Crippen LogP contribution is -2.13. The standard InChI is InChI=1S/C12H13N3OS/c1-7-4-11(17-6-12(14)16)9-5-8(13)2-3-10(9)15-7/h2-5H,6,13H2,1H3,(H2,14,16). The van der Waals surface area contributed by atoms with Crippen molar-refractivity contribution in [3.05, 3.63) is 30.0 Å². The molecule has 0 radical (unpaired) electrons. The molecule has 17 heavy (non-hydrogen) atoms. The molecule has 1 aromatic carbocycles. The molecule has 0 saturated heterocycles. The zero-order chi connectivity index (χ0) is 12.4. The molecule has 1 heterocycles. The number of anilines is 1. The Bertz CT molecular complexity index is 583. The van der Waals surface area contributed by atoms with Crippen molar-refractivity contribution in [3.63, 3.8) is 0 Å². The Hall–Kier alpha value is -1.75. The van der Waals surface area contributed by atoms with Crippen LogP contribution in [-0.4, -0.2) is 16.6 Å². The van der Waals surface area contributed by atoms with Gasteiger partial charge < -0.3 is 11.5 Å². The molecule has 1 aromatic heterocycles. The van der Waals surface area contributed by atoms with Crippen LogP contribution in [-0.2, 0) is 4.79 Å². The number of hydrogen-bond acceptors (Lipinski definition) is 4. The summed E-state index contributed by atoms with van der Waals surface area (Å²) in [7, 11) is 0. The number of pyridine rings is 1. The molecule has 5 heteroatoms. The zero-order valence-electron chi connectivity index (χ0n) is 9.43. The summed E-state index contributed by atoms with van der Waals surface area (Å²) in [5, 5.41) is 0.960. The van der Waals surface area contributed by atoms with Crippen molar-refractivity contribution in [1.29, 1.82) is 0 Å². The highest BCUT2D eigenvalue weighted by Gasteiger charge is 2.06. The summed E-state index contributed by atoms with van der Waals surface area (Å²) in [6.07, 6.45) is 0. The van der Waals surface area contributed by atoms with Gasteiger partial charge in [0.05, 0.1) is 11.3 Å². The van der Waals surface area contributed by atoms with Gasteiger partial charge in [0.15, 0.2) is 0 Å². The monoisotopic (exact) mass is 247 g/mol. The third kappa shape index (κ3) is 2.68. The number of amides is 1. The molecule has 0 aliphatic rings. The average Bonchev–Trinajstić information content (AvgIpc) is 2.26. The van der Waals surface area contributed by atoms with Crippen LogP contribution in [0.1, 0.15) is 5.69 Å². The summed E-state index contributed by atoms with van der Waals surface area (Å²) in [5.41, 5.74) is 13.4. The number of hydrogen-bond donors (Lipinski definition) is 2. The van der Waals surface area contributed by atoms with Gasteiger partial charge in [0, 0.05) is 21.7 Å². The van der Waals surface area contributed by atoms with E-state index in [2.05, 4.69) is 4.98 Å². The van der Waals surface area contributed by atoms with Crippen molar-refractivity contribution in [1.82, 2.24) is 4.98 Å². The maximum absolute atomic E-state index is 10.8. The second-order valence-electron chi connectivity index (χ2n) is 3.79. The highest BCUT2D eigenvalue weighted by Crippen LogP contribution is 2.29. The van der Waals surface area contributed by atoms with Gasteiger partial charge in [0.2, 0.25) is 5.91 Å². The Morgan fingerprint density at radius 3 is 2.88 bits per heavy atom. The van der Waals surface area contributed by atoms with E-state index < -0.39 is 0 Å². The molecule has 88 valence electrons. The van der Waals surface area contributed by atoms with Gasteiger partial charge in [-0.15, -0.1) is 11.8 Å². The van der Waals surface area contributed by atoms with Gasteiger partial charge in [-0.25, -0.2) is 0 Å². The van der Waals surface area contributed by atoms with Crippen LogP contribution in [0.3, 0.4) is 0 Å². The second-order valence-corrected chi connectivity index (χ2v) is 4.81. The molecule has 0 aliphatic carbocycles. The van der Waals surface area contributed by atoms with Crippen molar-refractivity contribution in [3.8, 4) is 0 Å². The number of nitrogen functional groups attached to an aromatic ring is 1. The van der Waals surface area contributed by atoms with Gasteiger partial charge in [0.1, 0.15) is 0 Å². The molecule has 2 rings (SSSR count). The number of aryl methyl sites for hydroxylation is 1. The lowest BCUT2D eigenvalue weighted by Gasteiger charge is -2.07. The molecule has 0 spiro atoms. The van der Waals surface area contributed by atoms with E-state index in [0.29, 0.717) is 5.69 Å². The summed E-state index contributed by atoms with van der Waals surface area (Å²) in [4.78, 5) is 16.2. The SMILES string of the molecule is Cc1cc(SCC(N)=O)c2cc(N)ccc2n1. The zero-order valence-corrected chi connectivity index (χ0v) is 10.3. The van der Waals surface area contributed by atoms with E-state index in [1.54, 1.807) is 0 Å². The minimum Gasteiger partial charge on any atom is -0.399 e. The van der Waals surface area contributed by atoms with Crippen molar-refractivity contribution < 1.29 is 4.79 Å². The quantitative estimate of drug-likeness (QED) is 0.639. The van der Waals surface area contributed by atoms with E-state index in [1.807, 2.05) is 31.2 Å². The van der Waals surface area contributed by atoms with Gasteiger partial charge >= 0.3 is 0 Å². The summed E-state index contributed by atoms with van der Waals surface area (Å²) in [6.45, 7) is 1.92. The van der Waals surface area contributed by atoms with Gasteiger partial charge in [0.25, 0.3) is 0 Å². The summed E-state index contributed by atoms with van der Waals surface area (Å²) < 4.78 is 0. The number of primary amides is 1. The number of fused-ring (bicyclic) bond motifs is 1. The molecule has 0 fully saturated rings. The van der Waals surface area contributed by atoms with Crippen LogP contribution in [0.25, 0.3) is 10.9 Å². The largest absolute Gasteiger partial charge is 0.399 e. The highest BCUT2D eigenvalue weighted by molar-refractivity contribution is 8.00. The minimum absolute atomic E-state index is 0.257. The van der Waals surface area contributed by atoms with Crippen LogP contribution in [0, 0.1) is 6.92 Å². The first-order valence-electron chi connectivity index (χ1n) is 5.14. The Balaban J connectivity index is 2.51. The predicted octanol–water partition coefficient (Wildman–Crippen LogP) is 1.70. The first-order valence-corrected chi connectivity index (χ1v) is 6.13. The van der Waals surface area contributed by atoms with Crippen molar-refractivity contribution in [2.45, 2.75) is 11.8 Å². The summed E-state index contributed by atoms with van der Waals surface area (Å²) >= 11 is 1.41. The maximum atomic E-state index is 10.8. The van der Waals surface area contributed by atoms with E-state index >= 15 is 0 Å². The molecule has 4 nitrogen and oxygen atoms in total.